The number of benzene rings is 1. The van der Waals surface area contributed by atoms with E-state index in [4.69, 9.17) is 14.1 Å². The Morgan fingerprint density at radius 1 is 1.08 bits per heavy atom. The minimum absolute atomic E-state index is 0.0931. The van der Waals surface area contributed by atoms with Gasteiger partial charge >= 0.3 is 0 Å². The molecule has 0 aliphatic carbocycles. The third kappa shape index (κ3) is 4.84. The summed E-state index contributed by atoms with van der Waals surface area (Å²) in [5.74, 6) is 1.14. The first-order valence-corrected chi connectivity index (χ1v) is 11.8. The van der Waals surface area contributed by atoms with Gasteiger partial charge in [0.1, 0.15) is 18.1 Å². The first-order valence-electron chi connectivity index (χ1n) is 11.8. The topological polar surface area (TPSA) is 95.1 Å². The number of ether oxygens (including phenoxy) is 1. The van der Waals surface area contributed by atoms with Crippen LogP contribution in [0.3, 0.4) is 0 Å². The molecular weight excluding hydrogens is 454 g/mol. The van der Waals surface area contributed by atoms with Gasteiger partial charge in [-0.05, 0) is 62.7 Å². The van der Waals surface area contributed by atoms with Gasteiger partial charge in [0.15, 0.2) is 11.4 Å². The van der Waals surface area contributed by atoms with E-state index in [0.717, 1.165) is 16.9 Å². The predicted octanol–water partition coefficient (Wildman–Crippen LogP) is 5.74. The average molecular weight is 482 g/mol. The number of hydrogen-bond acceptors (Lipinski definition) is 6. The van der Waals surface area contributed by atoms with Crippen LogP contribution >= 0.6 is 0 Å². The van der Waals surface area contributed by atoms with Crippen LogP contribution in [0.25, 0.3) is 22.5 Å². The maximum absolute atomic E-state index is 13.4. The maximum atomic E-state index is 13.4. The van der Waals surface area contributed by atoms with E-state index in [1.54, 1.807) is 37.0 Å². The number of amides is 1. The lowest BCUT2D eigenvalue weighted by Crippen LogP contribution is -2.27. The molecule has 0 bridgehead atoms. The van der Waals surface area contributed by atoms with Crippen LogP contribution in [0.4, 0.5) is 0 Å². The number of fused-ring (bicyclic) bond motifs is 1. The molecule has 182 valence electrons. The Labute approximate surface area is 209 Å². The number of rotatable bonds is 8. The summed E-state index contributed by atoms with van der Waals surface area (Å²) in [5, 5.41) is 8.28. The van der Waals surface area contributed by atoms with Gasteiger partial charge in [-0.25, -0.2) is 9.67 Å². The SMILES string of the molecule is CC(NC(=O)c1cc(-c2ccco2)nc2c1cnn2C(C)C)c1ccc(OCc2cccnc2)cc1. The molecule has 1 atom stereocenters. The van der Waals surface area contributed by atoms with Crippen molar-refractivity contribution in [3.05, 3.63) is 96.1 Å². The molecule has 36 heavy (non-hydrogen) atoms. The summed E-state index contributed by atoms with van der Waals surface area (Å²) in [4.78, 5) is 22.3. The zero-order valence-corrected chi connectivity index (χ0v) is 20.4. The maximum Gasteiger partial charge on any atom is 0.252 e. The fraction of sp³-hybridized carbons (Fsp3) is 0.214. The van der Waals surface area contributed by atoms with Crippen LogP contribution in [0.1, 0.15) is 54.3 Å². The molecule has 0 radical (unpaired) electrons. The zero-order chi connectivity index (χ0) is 25.1. The van der Waals surface area contributed by atoms with Gasteiger partial charge in [-0.3, -0.25) is 9.78 Å². The molecule has 5 rings (SSSR count). The molecule has 1 aromatic carbocycles. The zero-order valence-electron chi connectivity index (χ0n) is 20.4. The molecular formula is C28H27N5O3. The molecule has 4 aromatic heterocycles. The van der Waals surface area contributed by atoms with Crippen molar-refractivity contribution in [1.29, 1.82) is 0 Å². The van der Waals surface area contributed by atoms with E-state index in [9.17, 15) is 4.79 Å². The molecule has 8 nitrogen and oxygen atoms in total. The third-order valence-corrected chi connectivity index (χ3v) is 5.93. The number of carbonyl (C=O) groups excluding carboxylic acids is 1. The van der Waals surface area contributed by atoms with E-state index in [0.29, 0.717) is 34.7 Å². The summed E-state index contributed by atoms with van der Waals surface area (Å²) in [6.45, 7) is 6.45. The first-order chi connectivity index (χ1) is 17.5. The van der Waals surface area contributed by atoms with Crippen LogP contribution < -0.4 is 10.1 Å². The quantitative estimate of drug-likeness (QED) is 0.304. The number of furan rings is 1. The van der Waals surface area contributed by atoms with Crippen molar-refractivity contribution < 1.29 is 13.9 Å². The summed E-state index contributed by atoms with van der Waals surface area (Å²) >= 11 is 0. The van der Waals surface area contributed by atoms with Crippen molar-refractivity contribution in [3.8, 4) is 17.2 Å². The summed E-state index contributed by atoms with van der Waals surface area (Å²) in [5.41, 5.74) is 3.70. The number of nitrogens with one attached hydrogen (secondary N) is 1. The Hall–Kier alpha value is -4.46. The van der Waals surface area contributed by atoms with E-state index >= 15 is 0 Å². The Bertz CT molecular complexity index is 1460. The standard InChI is InChI=1S/C28H27N5O3/c1-18(2)33-27-24(16-30-33)23(14-25(32-27)26-7-5-13-35-26)28(34)31-19(3)21-8-10-22(11-9-21)36-17-20-6-4-12-29-15-20/h4-16,18-19H,17H2,1-3H3,(H,31,34). The van der Waals surface area contributed by atoms with Crippen molar-refractivity contribution >= 4 is 16.9 Å². The molecule has 1 amide bonds. The number of hydrogen-bond donors (Lipinski definition) is 1. The summed E-state index contributed by atoms with van der Waals surface area (Å²) in [7, 11) is 0. The normalized spacial score (nSPS) is 12.1. The lowest BCUT2D eigenvalue weighted by Gasteiger charge is -2.16. The van der Waals surface area contributed by atoms with Crippen LogP contribution in [-0.2, 0) is 6.61 Å². The molecule has 0 aliphatic rings. The number of aromatic nitrogens is 4. The lowest BCUT2D eigenvalue weighted by atomic mass is 10.1. The Kier molecular flexibility index (Phi) is 6.49. The molecule has 8 heteroatoms. The fourth-order valence-electron chi connectivity index (χ4n) is 3.99. The average Bonchev–Trinajstić information content (AvgIpc) is 3.58. The van der Waals surface area contributed by atoms with Crippen LogP contribution in [0, 0.1) is 0 Å². The molecule has 5 aromatic rings. The van der Waals surface area contributed by atoms with Crippen molar-refractivity contribution in [2.45, 2.75) is 39.5 Å². The fourth-order valence-corrected chi connectivity index (χ4v) is 3.99. The lowest BCUT2D eigenvalue weighted by molar-refractivity contribution is 0.0941. The van der Waals surface area contributed by atoms with E-state index < -0.39 is 0 Å². The predicted molar refractivity (Wildman–Crippen MR) is 137 cm³/mol. The smallest absolute Gasteiger partial charge is 0.252 e. The van der Waals surface area contributed by atoms with Crippen LogP contribution in [0.15, 0.2) is 83.9 Å². The third-order valence-electron chi connectivity index (χ3n) is 5.93. The van der Waals surface area contributed by atoms with E-state index in [2.05, 4.69) is 15.4 Å². The molecule has 1 N–H and O–H groups in total. The van der Waals surface area contributed by atoms with E-state index in [1.807, 2.05) is 67.9 Å². The van der Waals surface area contributed by atoms with Gasteiger partial charge in [-0.15, -0.1) is 0 Å². The second-order valence-corrected chi connectivity index (χ2v) is 8.87. The molecule has 0 fully saturated rings. The van der Waals surface area contributed by atoms with E-state index in [1.165, 1.54) is 0 Å². The van der Waals surface area contributed by atoms with Gasteiger partial charge in [-0.2, -0.15) is 5.10 Å². The van der Waals surface area contributed by atoms with Crippen LogP contribution in [0.2, 0.25) is 0 Å². The highest BCUT2D eigenvalue weighted by atomic mass is 16.5. The number of carbonyl (C=O) groups is 1. The minimum atomic E-state index is -0.222. The molecule has 4 heterocycles. The van der Waals surface area contributed by atoms with Crippen molar-refractivity contribution in [2.24, 2.45) is 0 Å². The summed E-state index contributed by atoms with van der Waals surface area (Å²) < 4.78 is 13.2. The molecule has 0 aliphatic heterocycles. The number of pyridine rings is 2. The largest absolute Gasteiger partial charge is 0.489 e. The summed E-state index contributed by atoms with van der Waals surface area (Å²) in [6.07, 6.45) is 6.80. The summed E-state index contributed by atoms with van der Waals surface area (Å²) in [6, 6.07) is 16.8. The molecule has 1 unspecified atom stereocenters. The van der Waals surface area contributed by atoms with Crippen LogP contribution in [-0.4, -0.2) is 25.7 Å². The van der Waals surface area contributed by atoms with Gasteiger partial charge in [0, 0.05) is 24.0 Å². The minimum Gasteiger partial charge on any atom is -0.489 e. The second-order valence-electron chi connectivity index (χ2n) is 8.87. The van der Waals surface area contributed by atoms with E-state index in [-0.39, 0.29) is 18.0 Å². The molecule has 0 spiro atoms. The van der Waals surface area contributed by atoms with Crippen molar-refractivity contribution in [2.75, 3.05) is 0 Å². The van der Waals surface area contributed by atoms with Crippen molar-refractivity contribution in [3.63, 3.8) is 0 Å². The van der Waals surface area contributed by atoms with Gasteiger partial charge < -0.3 is 14.5 Å². The Morgan fingerprint density at radius 3 is 2.61 bits per heavy atom. The number of nitrogens with zero attached hydrogens (tertiary/aromatic N) is 4. The Balaban J connectivity index is 1.35. The van der Waals surface area contributed by atoms with Gasteiger partial charge in [0.05, 0.1) is 29.5 Å². The van der Waals surface area contributed by atoms with Crippen molar-refractivity contribution in [1.82, 2.24) is 25.1 Å². The first kappa shape index (κ1) is 23.3. The van der Waals surface area contributed by atoms with Gasteiger partial charge in [-0.1, -0.05) is 18.2 Å². The second kappa shape index (κ2) is 10.0. The monoisotopic (exact) mass is 481 g/mol. The Morgan fingerprint density at radius 2 is 1.92 bits per heavy atom. The highest BCUT2D eigenvalue weighted by Gasteiger charge is 2.21. The van der Waals surface area contributed by atoms with Crippen LogP contribution in [0.5, 0.6) is 5.75 Å². The highest BCUT2D eigenvalue weighted by Crippen LogP contribution is 2.27. The molecule has 0 saturated carbocycles. The van der Waals surface area contributed by atoms with Gasteiger partial charge in [0.2, 0.25) is 0 Å². The highest BCUT2D eigenvalue weighted by molar-refractivity contribution is 6.06. The van der Waals surface area contributed by atoms with Gasteiger partial charge in [0.25, 0.3) is 5.91 Å². The molecule has 0 saturated heterocycles.